The number of rotatable bonds is 4. The molecular formula is C11H19N3O. The molecule has 2 rings (SSSR count). The van der Waals surface area contributed by atoms with Crippen LogP contribution in [0, 0.1) is 0 Å². The highest BCUT2D eigenvalue weighted by molar-refractivity contribution is 4.98. The van der Waals surface area contributed by atoms with Crippen LogP contribution in [-0.2, 0) is 6.42 Å². The van der Waals surface area contributed by atoms with Crippen LogP contribution >= 0.6 is 0 Å². The van der Waals surface area contributed by atoms with Crippen molar-refractivity contribution in [3.05, 3.63) is 11.7 Å². The second-order valence-electron chi connectivity index (χ2n) is 4.42. The Morgan fingerprint density at radius 2 is 2.20 bits per heavy atom. The van der Waals surface area contributed by atoms with Crippen molar-refractivity contribution in [2.24, 2.45) is 0 Å². The molecule has 1 aromatic rings. The van der Waals surface area contributed by atoms with Crippen LogP contribution in [0.2, 0.25) is 0 Å². The molecule has 0 radical (unpaired) electrons. The maximum Gasteiger partial charge on any atom is 0.228 e. The Kier molecular flexibility index (Phi) is 3.36. The zero-order valence-corrected chi connectivity index (χ0v) is 9.49. The molecule has 1 fully saturated rings. The molecule has 1 aliphatic carbocycles. The Morgan fingerprint density at radius 3 is 2.87 bits per heavy atom. The molecule has 1 N–H and O–H groups in total. The van der Waals surface area contributed by atoms with Gasteiger partial charge in [-0.2, -0.15) is 4.98 Å². The first-order valence-corrected chi connectivity index (χ1v) is 5.79. The largest absolute Gasteiger partial charge is 0.339 e. The van der Waals surface area contributed by atoms with Gasteiger partial charge in [0, 0.05) is 18.4 Å². The fourth-order valence-corrected chi connectivity index (χ4v) is 2.06. The standard InChI is InChI=1S/C11H19N3O/c1-8(12-2)7-10-13-11(14-15-10)9-5-3-4-6-9/h8-9,12H,3-7H2,1-2H3. The third kappa shape index (κ3) is 2.56. The summed E-state index contributed by atoms with van der Waals surface area (Å²) >= 11 is 0. The summed E-state index contributed by atoms with van der Waals surface area (Å²) < 4.78 is 5.25. The fourth-order valence-electron chi connectivity index (χ4n) is 2.06. The highest BCUT2D eigenvalue weighted by Gasteiger charge is 2.22. The van der Waals surface area contributed by atoms with E-state index in [9.17, 15) is 0 Å². The van der Waals surface area contributed by atoms with E-state index in [-0.39, 0.29) is 0 Å². The van der Waals surface area contributed by atoms with Crippen LogP contribution in [0.5, 0.6) is 0 Å². The molecule has 0 spiro atoms. The molecule has 1 aromatic heterocycles. The number of nitrogens with zero attached hydrogens (tertiary/aromatic N) is 2. The van der Waals surface area contributed by atoms with Crippen LogP contribution in [0.4, 0.5) is 0 Å². The molecule has 1 saturated carbocycles. The van der Waals surface area contributed by atoms with Gasteiger partial charge in [0.2, 0.25) is 5.89 Å². The fraction of sp³-hybridized carbons (Fsp3) is 0.818. The summed E-state index contributed by atoms with van der Waals surface area (Å²) in [6.07, 6.45) is 5.88. The lowest BCUT2D eigenvalue weighted by atomic mass is 10.1. The summed E-state index contributed by atoms with van der Waals surface area (Å²) in [6.45, 7) is 2.11. The van der Waals surface area contributed by atoms with Crippen molar-refractivity contribution in [1.29, 1.82) is 0 Å². The minimum absolute atomic E-state index is 0.391. The van der Waals surface area contributed by atoms with Crippen molar-refractivity contribution in [3.8, 4) is 0 Å². The summed E-state index contributed by atoms with van der Waals surface area (Å²) in [4.78, 5) is 4.46. The summed E-state index contributed by atoms with van der Waals surface area (Å²) in [6, 6.07) is 0.391. The van der Waals surface area contributed by atoms with Crippen molar-refractivity contribution < 1.29 is 4.52 Å². The Balaban J connectivity index is 1.97. The van der Waals surface area contributed by atoms with Gasteiger partial charge < -0.3 is 9.84 Å². The highest BCUT2D eigenvalue weighted by atomic mass is 16.5. The van der Waals surface area contributed by atoms with Gasteiger partial charge in [-0.05, 0) is 26.8 Å². The van der Waals surface area contributed by atoms with E-state index in [0.717, 1.165) is 18.1 Å². The van der Waals surface area contributed by atoms with Crippen molar-refractivity contribution in [2.75, 3.05) is 7.05 Å². The maximum absolute atomic E-state index is 5.25. The van der Waals surface area contributed by atoms with Gasteiger partial charge in [0.05, 0.1) is 0 Å². The molecule has 0 amide bonds. The molecule has 84 valence electrons. The maximum atomic E-state index is 5.25. The van der Waals surface area contributed by atoms with Crippen molar-refractivity contribution in [2.45, 2.75) is 51.0 Å². The third-order valence-electron chi connectivity index (χ3n) is 3.18. The van der Waals surface area contributed by atoms with Crippen LogP contribution in [0.1, 0.15) is 50.2 Å². The SMILES string of the molecule is CNC(C)Cc1nc(C2CCCC2)no1. The number of likely N-dealkylation sites (N-methyl/N-ethyl adjacent to an activating group) is 1. The summed E-state index contributed by atoms with van der Waals surface area (Å²) in [5.74, 6) is 2.23. The summed E-state index contributed by atoms with van der Waals surface area (Å²) in [7, 11) is 1.94. The lowest BCUT2D eigenvalue weighted by molar-refractivity contribution is 0.358. The number of nitrogens with one attached hydrogen (secondary N) is 1. The number of hydrogen-bond acceptors (Lipinski definition) is 4. The van der Waals surface area contributed by atoms with Gasteiger partial charge in [0.25, 0.3) is 0 Å². The number of aromatic nitrogens is 2. The lowest BCUT2D eigenvalue weighted by Gasteiger charge is -2.04. The van der Waals surface area contributed by atoms with Gasteiger partial charge in [-0.3, -0.25) is 0 Å². The number of hydrogen-bond donors (Lipinski definition) is 1. The van der Waals surface area contributed by atoms with Crippen LogP contribution in [0.3, 0.4) is 0 Å². The van der Waals surface area contributed by atoms with Crippen molar-refractivity contribution in [1.82, 2.24) is 15.5 Å². The second-order valence-corrected chi connectivity index (χ2v) is 4.42. The third-order valence-corrected chi connectivity index (χ3v) is 3.18. The molecule has 15 heavy (non-hydrogen) atoms. The van der Waals surface area contributed by atoms with Gasteiger partial charge in [-0.25, -0.2) is 0 Å². The average molecular weight is 209 g/mol. The first kappa shape index (κ1) is 10.6. The van der Waals surface area contributed by atoms with E-state index in [1.165, 1.54) is 25.7 Å². The normalized spacial score (nSPS) is 19.6. The topological polar surface area (TPSA) is 51.0 Å². The van der Waals surface area contributed by atoms with Gasteiger partial charge >= 0.3 is 0 Å². The predicted molar refractivity (Wildman–Crippen MR) is 57.7 cm³/mol. The van der Waals surface area contributed by atoms with E-state index >= 15 is 0 Å². The van der Waals surface area contributed by atoms with Gasteiger partial charge in [-0.1, -0.05) is 18.0 Å². The zero-order chi connectivity index (χ0) is 10.7. The van der Waals surface area contributed by atoms with E-state index < -0.39 is 0 Å². The van der Waals surface area contributed by atoms with E-state index in [2.05, 4.69) is 22.4 Å². The quantitative estimate of drug-likeness (QED) is 0.822. The van der Waals surface area contributed by atoms with E-state index in [1.807, 2.05) is 7.05 Å². The van der Waals surface area contributed by atoms with E-state index in [0.29, 0.717) is 12.0 Å². The molecule has 1 atom stereocenters. The minimum atomic E-state index is 0.391. The molecule has 0 saturated heterocycles. The smallest absolute Gasteiger partial charge is 0.228 e. The first-order valence-electron chi connectivity index (χ1n) is 5.79. The van der Waals surface area contributed by atoms with Gasteiger partial charge in [0.1, 0.15) is 0 Å². The van der Waals surface area contributed by atoms with Crippen LogP contribution < -0.4 is 5.32 Å². The predicted octanol–water partition coefficient (Wildman–Crippen LogP) is 1.88. The summed E-state index contributed by atoms with van der Waals surface area (Å²) in [5, 5.41) is 7.24. The van der Waals surface area contributed by atoms with Crippen molar-refractivity contribution in [3.63, 3.8) is 0 Å². The molecule has 1 aliphatic rings. The van der Waals surface area contributed by atoms with Crippen molar-refractivity contribution >= 4 is 0 Å². The molecule has 4 heteroatoms. The monoisotopic (exact) mass is 209 g/mol. The molecule has 0 aromatic carbocycles. The Hall–Kier alpha value is -0.900. The summed E-state index contributed by atoms with van der Waals surface area (Å²) in [5.41, 5.74) is 0. The highest BCUT2D eigenvalue weighted by Crippen LogP contribution is 2.32. The Bertz CT molecular complexity index is 305. The van der Waals surface area contributed by atoms with Gasteiger partial charge in [-0.15, -0.1) is 0 Å². The molecule has 0 bridgehead atoms. The molecular weight excluding hydrogens is 190 g/mol. The van der Waals surface area contributed by atoms with E-state index in [4.69, 9.17) is 4.52 Å². The van der Waals surface area contributed by atoms with Crippen LogP contribution in [-0.4, -0.2) is 23.2 Å². The zero-order valence-electron chi connectivity index (χ0n) is 9.49. The minimum Gasteiger partial charge on any atom is -0.339 e. The average Bonchev–Trinajstić information content (AvgIpc) is 2.85. The first-order chi connectivity index (χ1) is 7.29. The van der Waals surface area contributed by atoms with Crippen LogP contribution in [0.15, 0.2) is 4.52 Å². The second kappa shape index (κ2) is 4.75. The molecule has 4 nitrogen and oxygen atoms in total. The lowest BCUT2D eigenvalue weighted by Crippen LogP contribution is -2.23. The Morgan fingerprint density at radius 1 is 1.47 bits per heavy atom. The molecule has 0 aliphatic heterocycles. The van der Waals surface area contributed by atoms with Gasteiger partial charge in [0.15, 0.2) is 5.82 Å². The molecule has 1 unspecified atom stereocenters. The Labute approximate surface area is 90.4 Å². The van der Waals surface area contributed by atoms with Crippen LogP contribution in [0.25, 0.3) is 0 Å². The van der Waals surface area contributed by atoms with E-state index in [1.54, 1.807) is 0 Å². The molecule has 1 heterocycles.